The fourth-order valence-corrected chi connectivity index (χ4v) is 2.30. The van der Waals surface area contributed by atoms with Crippen LogP contribution in [0, 0.1) is 5.82 Å². The van der Waals surface area contributed by atoms with Crippen molar-refractivity contribution >= 4 is 40.6 Å². The number of aromatic nitrogens is 3. The van der Waals surface area contributed by atoms with Crippen molar-refractivity contribution in [3.8, 4) is 0 Å². The van der Waals surface area contributed by atoms with Crippen molar-refractivity contribution in [3.63, 3.8) is 0 Å². The van der Waals surface area contributed by atoms with Crippen LogP contribution in [0.25, 0.3) is 0 Å². The number of halogens is 6. The van der Waals surface area contributed by atoms with Crippen LogP contribution in [0.2, 0.25) is 10.2 Å². The molecule has 0 aliphatic rings. The molecule has 1 atom stereocenters. The van der Waals surface area contributed by atoms with E-state index < -0.39 is 40.4 Å². The number of nitrogens with two attached hydrogens (primary N) is 1. The summed E-state index contributed by atoms with van der Waals surface area (Å²) in [6, 6.07) is 0.817. The van der Waals surface area contributed by atoms with Crippen molar-refractivity contribution in [1.29, 1.82) is 0 Å². The number of alkyl halides is 3. The van der Waals surface area contributed by atoms with Crippen LogP contribution in [0.4, 0.5) is 23.2 Å². The third kappa shape index (κ3) is 6.10. The van der Waals surface area contributed by atoms with Crippen LogP contribution in [0.1, 0.15) is 18.7 Å². The molecule has 160 valence electrons. The highest BCUT2D eigenvalue weighted by molar-refractivity contribution is 6.30. The first-order valence-corrected chi connectivity index (χ1v) is 8.86. The fourth-order valence-electron chi connectivity index (χ4n) is 2.10. The Morgan fingerprint density at radius 2 is 1.90 bits per heavy atom. The number of allylic oxidation sites excluding steroid dienone is 2. The lowest BCUT2D eigenvalue weighted by atomic mass is 10.0. The molecule has 30 heavy (non-hydrogen) atoms. The Morgan fingerprint density at radius 1 is 1.27 bits per heavy atom. The van der Waals surface area contributed by atoms with Gasteiger partial charge in [-0.05, 0) is 13.0 Å². The molecule has 0 aliphatic carbocycles. The summed E-state index contributed by atoms with van der Waals surface area (Å²) in [6.07, 6.45) is -1.26. The Labute approximate surface area is 177 Å². The van der Waals surface area contributed by atoms with Crippen LogP contribution >= 0.6 is 23.2 Å². The van der Waals surface area contributed by atoms with Gasteiger partial charge < -0.3 is 10.5 Å². The fraction of sp³-hybridized carbons (Fsp3) is 0.235. The summed E-state index contributed by atoms with van der Waals surface area (Å²) in [5.41, 5.74) is 2.74. The Hall–Kier alpha value is -2.79. The number of nitrogens with zero attached hydrogens (tertiary/aromatic N) is 4. The molecular weight excluding hydrogens is 453 g/mol. The van der Waals surface area contributed by atoms with Crippen molar-refractivity contribution in [1.82, 2.24) is 15.0 Å². The zero-order chi connectivity index (χ0) is 22.5. The molecule has 0 amide bonds. The minimum atomic E-state index is -4.93. The molecule has 2 N–H and O–H groups in total. The summed E-state index contributed by atoms with van der Waals surface area (Å²) in [5.74, 6) is -3.86. The van der Waals surface area contributed by atoms with E-state index in [0.717, 1.165) is 24.7 Å². The highest BCUT2D eigenvalue weighted by Gasteiger charge is 2.35. The standard InChI is InChI=1S/C17H13Cl2F4N5O2/c1-2-30-16(29)13(15-26-5-8(18)6-27-15)11(4-12(24)17(21,22)23)28-9-3-10(20)14(19)25-7-9/h3-7,13H,2,24H2,1H3. The van der Waals surface area contributed by atoms with Crippen molar-refractivity contribution in [3.05, 3.63) is 58.2 Å². The largest absolute Gasteiger partial charge is 0.465 e. The Morgan fingerprint density at radius 3 is 2.43 bits per heavy atom. The molecule has 13 heteroatoms. The number of carbonyl (C=O) groups excluding carboxylic acids is 1. The lowest BCUT2D eigenvalue weighted by molar-refractivity contribution is -0.143. The van der Waals surface area contributed by atoms with Gasteiger partial charge in [-0.15, -0.1) is 0 Å². The lowest BCUT2D eigenvalue weighted by Gasteiger charge is -2.16. The third-order valence-electron chi connectivity index (χ3n) is 3.39. The third-order valence-corrected chi connectivity index (χ3v) is 3.86. The average molecular weight is 466 g/mol. The van der Waals surface area contributed by atoms with E-state index >= 15 is 0 Å². The van der Waals surface area contributed by atoms with E-state index in [2.05, 4.69) is 19.9 Å². The molecule has 2 aromatic heterocycles. The molecule has 2 rings (SSSR count). The summed E-state index contributed by atoms with van der Waals surface area (Å²) in [7, 11) is 0. The quantitative estimate of drug-likeness (QED) is 0.297. The minimum Gasteiger partial charge on any atom is -0.465 e. The molecular formula is C17H13Cl2F4N5O2. The molecule has 0 radical (unpaired) electrons. The molecule has 2 aromatic rings. The van der Waals surface area contributed by atoms with Gasteiger partial charge in [0.2, 0.25) is 0 Å². The molecule has 2 heterocycles. The smallest absolute Gasteiger partial charge is 0.430 e. The van der Waals surface area contributed by atoms with E-state index in [1.165, 1.54) is 6.92 Å². The van der Waals surface area contributed by atoms with Gasteiger partial charge in [0, 0.05) is 18.5 Å². The number of pyridine rings is 1. The molecule has 0 saturated heterocycles. The van der Waals surface area contributed by atoms with Crippen LogP contribution in [-0.2, 0) is 9.53 Å². The predicted octanol–water partition coefficient (Wildman–Crippen LogP) is 4.14. The highest BCUT2D eigenvalue weighted by atomic mass is 35.5. The van der Waals surface area contributed by atoms with Crippen LogP contribution in [0.5, 0.6) is 0 Å². The molecule has 0 aliphatic heterocycles. The molecule has 0 fully saturated rings. The molecule has 0 saturated carbocycles. The zero-order valence-electron chi connectivity index (χ0n) is 15.1. The molecule has 1 unspecified atom stereocenters. The van der Waals surface area contributed by atoms with Gasteiger partial charge in [-0.2, -0.15) is 13.2 Å². The summed E-state index contributed by atoms with van der Waals surface area (Å²) >= 11 is 11.2. The van der Waals surface area contributed by atoms with Gasteiger partial charge >= 0.3 is 12.1 Å². The van der Waals surface area contributed by atoms with Crippen LogP contribution < -0.4 is 5.73 Å². The Kier molecular flexibility index (Phi) is 7.68. The number of ether oxygens (including phenoxy) is 1. The first-order valence-electron chi connectivity index (χ1n) is 8.11. The summed E-state index contributed by atoms with van der Waals surface area (Å²) < 4.78 is 57.7. The number of hydrogen-bond donors (Lipinski definition) is 1. The van der Waals surface area contributed by atoms with Crippen LogP contribution in [0.15, 0.2) is 41.4 Å². The van der Waals surface area contributed by atoms with Gasteiger partial charge in [-0.1, -0.05) is 23.2 Å². The van der Waals surface area contributed by atoms with Crippen molar-refractivity contribution < 1.29 is 27.1 Å². The predicted molar refractivity (Wildman–Crippen MR) is 101 cm³/mol. The SMILES string of the molecule is CCOC(=O)C(C(C=C(N)C(F)(F)F)=Nc1cnc(Cl)c(F)c1)c1ncc(Cl)cn1. The van der Waals surface area contributed by atoms with Gasteiger partial charge in [0.1, 0.15) is 11.5 Å². The second-order valence-corrected chi connectivity index (χ2v) is 6.34. The number of esters is 1. The number of hydrogen-bond acceptors (Lipinski definition) is 7. The Balaban J connectivity index is 2.71. The second kappa shape index (κ2) is 9.81. The topological polar surface area (TPSA) is 103 Å². The van der Waals surface area contributed by atoms with Crippen molar-refractivity contribution in [2.24, 2.45) is 10.7 Å². The van der Waals surface area contributed by atoms with Crippen LogP contribution in [-0.4, -0.2) is 39.4 Å². The maximum Gasteiger partial charge on any atom is 0.430 e. The maximum absolute atomic E-state index is 13.7. The van der Waals surface area contributed by atoms with E-state index in [1.807, 2.05) is 0 Å². The zero-order valence-corrected chi connectivity index (χ0v) is 16.6. The summed E-state index contributed by atoms with van der Waals surface area (Å²) in [5, 5.41) is -0.349. The van der Waals surface area contributed by atoms with Gasteiger partial charge in [0.15, 0.2) is 16.9 Å². The van der Waals surface area contributed by atoms with E-state index in [-0.39, 0.29) is 23.1 Å². The van der Waals surface area contributed by atoms with E-state index in [0.29, 0.717) is 6.08 Å². The first-order chi connectivity index (χ1) is 14.0. The van der Waals surface area contributed by atoms with Gasteiger partial charge in [-0.25, -0.2) is 19.3 Å². The van der Waals surface area contributed by atoms with Crippen molar-refractivity contribution in [2.75, 3.05) is 6.61 Å². The van der Waals surface area contributed by atoms with Crippen molar-refractivity contribution in [2.45, 2.75) is 19.0 Å². The molecule has 7 nitrogen and oxygen atoms in total. The molecule has 0 spiro atoms. The molecule has 0 aromatic carbocycles. The lowest BCUT2D eigenvalue weighted by Crippen LogP contribution is -2.28. The van der Waals surface area contributed by atoms with Gasteiger partial charge in [0.25, 0.3) is 0 Å². The maximum atomic E-state index is 13.7. The Bertz CT molecular complexity index is 981. The first kappa shape index (κ1) is 23.5. The monoisotopic (exact) mass is 465 g/mol. The van der Waals surface area contributed by atoms with E-state index in [9.17, 15) is 22.4 Å². The number of carbonyl (C=O) groups is 1. The second-order valence-electron chi connectivity index (χ2n) is 5.54. The summed E-state index contributed by atoms with van der Waals surface area (Å²) in [6.45, 7) is 1.40. The highest BCUT2D eigenvalue weighted by Crippen LogP contribution is 2.27. The van der Waals surface area contributed by atoms with Gasteiger partial charge in [-0.3, -0.25) is 9.79 Å². The van der Waals surface area contributed by atoms with E-state index in [1.54, 1.807) is 0 Å². The van der Waals surface area contributed by atoms with Crippen LogP contribution in [0.3, 0.4) is 0 Å². The number of rotatable bonds is 6. The minimum absolute atomic E-state index is 0.0915. The van der Waals surface area contributed by atoms with E-state index in [4.69, 9.17) is 33.7 Å². The summed E-state index contributed by atoms with van der Waals surface area (Å²) in [4.78, 5) is 27.7. The molecule has 0 bridgehead atoms. The van der Waals surface area contributed by atoms with Gasteiger partial charge in [0.05, 0.1) is 29.2 Å². The average Bonchev–Trinajstić information content (AvgIpc) is 2.66. The normalized spacial score (nSPS) is 13.8. The number of aliphatic imine (C=N–C) groups is 1.